The highest BCUT2D eigenvalue weighted by atomic mass is 16.5. The van der Waals surface area contributed by atoms with E-state index in [2.05, 4.69) is 19.3 Å². The van der Waals surface area contributed by atoms with Gasteiger partial charge in [0.05, 0.1) is 0 Å². The molecule has 0 bridgehead atoms. The summed E-state index contributed by atoms with van der Waals surface area (Å²) in [7, 11) is 3.91. The summed E-state index contributed by atoms with van der Waals surface area (Å²) >= 11 is 0. The molecule has 1 N–H and O–H groups in total. The monoisotopic (exact) mass is 241 g/mol. The van der Waals surface area contributed by atoms with Gasteiger partial charge in [-0.25, -0.2) is 0 Å². The normalized spacial score (nSPS) is 22.1. The van der Waals surface area contributed by atoms with E-state index in [-0.39, 0.29) is 0 Å². The molecule has 102 valence electrons. The molecular weight excluding hydrogens is 210 g/mol. The minimum absolute atomic E-state index is 0.674. The van der Waals surface area contributed by atoms with E-state index in [4.69, 9.17) is 4.74 Å². The van der Waals surface area contributed by atoms with Gasteiger partial charge < -0.3 is 10.1 Å². The highest BCUT2D eigenvalue weighted by molar-refractivity contribution is 4.77. The maximum absolute atomic E-state index is 5.19. The number of hydrogen-bond donors (Lipinski definition) is 1. The summed E-state index contributed by atoms with van der Waals surface area (Å²) in [5.74, 6) is 1.68. The molecule has 2 heteroatoms. The quantitative estimate of drug-likeness (QED) is 0.688. The van der Waals surface area contributed by atoms with Crippen LogP contribution in [-0.2, 0) is 4.74 Å². The maximum Gasteiger partial charge on any atom is 0.0465 e. The van der Waals surface area contributed by atoms with Crippen LogP contribution in [0.4, 0.5) is 0 Å². The molecule has 0 aliphatic heterocycles. The van der Waals surface area contributed by atoms with Crippen molar-refractivity contribution in [1.82, 2.24) is 5.32 Å². The van der Waals surface area contributed by atoms with E-state index in [9.17, 15) is 0 Å². The van der Waals surface area contributed by atoms with Gasteiger partial charge in [0, 0.05) is 19.8 Å². The second-order valence-electron chi connectivity index (χ2n) is 5.75. The van der Waals surface area contributed by atoms with Gasteiger partial charge in [-0.2, -0.15) is 0 Å². The summed E-state index contributed by atoms with van der Waals surface area (Å²) in [5.41, 5.74) is 0. The summed E-state index contributed by atoms with van der Waals surface area (Å²) in [5, 5.41) is 3.52. The lowest BCUT2D eigenvalue weighted by molar-refractivity contribution is 0.165. The molecule has 1 fully saturated rings. The molecule has 1 aliphatic carbocycles. The van der Waals surface area contributed by atoms with E-state index in [1.54, 1.807) is 7.11 Å². The average Bonchev–Trinajstić information content (AvgIpc) is 2.61. The Morgan fingerprint density at radius 1 is 1.18 bits per heavy atom. The van der Waals surface area contributed by atoms with Gasteiger partial charge in [-0.3, -0.25) is 0 Å². The molecule has 2 unspecified atom stereocenters. The van der Waals surface area contributed by atoms with Crippen molar-refractivity contribution < 1.29 is 4.74 Å². The molecule has 0 heterocycles. The molecule has 1 saturated carbocycles. The Labute approximate surface area is 108 Å². The number of methoxy groups -OCH3 is 1. The first-order valence-electron chi connectivity index (χ1n) is 7.44. The summed E-state index contributed by atoms with van der Waals surface area (Å²) < 4.78 is 5.19. The molecule has 0 amide bonds. The predicted octanol–water partition coefficient (Wildman–Crippen LogP) is 3.61. The van der Waals surface area contributed by atoms with E-state index in [0.717, 1.165) is 18.4 Å². The lowest BCUT2D eigenvalue weighted by Gasteiger charge is -2.27. The first kappa shape index (κ1) is 15.0. The molecule has 17 heavy (non-hydrogen) atoms. The number of ether oxygens (including phenoxy) is 1. The zero-order valence-electron chi connectivity index (χ0n) is 12.0. The zero-order valence-corrected chi connectivity index (χ0v) is 12.0. The second-order valence-corrected chi connectivity index (χ2v) is 5.75. The van der Waals surface area contributed by atoms with Crippen molar-refractivity contribution in [3.05, 3.63) is 0 Å². The number of hydrogen-bond acceptors (Lipinski definition) is 2. The minimum atomic E-state index is 0.674. The summed E-state index contributed by atoms with van der Waals surface area (Å²) in [6.07, 6.45) is 11.3. The van der Waals surface area contributed by atoms with E-state index in [1.165, 1.54) is 51.4 Å². The maximum atomic E-state index is 5.19. The molecule has 0 aromatic heterocycles. The van der Waals surface area contributed by atoms with Crippen molar-refractivity contribution in [2.45, 2.75) is 64.3 Å². The Kier molecular flexibility index (Phi) is 7.87. The van der Waals surface area contributed by atoms with Crippen molar-refractivity contribution >= 4 is 0 Å². The van der Waals surface area contributed by atoms with Crippen molar-refractivity contribution in [2.24, 2.45) is 11.8 Å². The Hall–Kier alpha value is -0.0800. The summed E-state index contributed by atoms with van der Waals surface area (Å²) in [6.45, 7) is 3.25. The Bertz CT molecular complexity index is 176. The SMILES string of the molecule is CNC(CC1CCCCCC1)C(C)CCOC. The third-order valence-electron chi connectivity index (χ3n) is 4.40. The van der Waals surface area contributed by atoms with Crippen LogP contribution in [0.5, 0.6) is 0 Å². The van der Waals surface area contributed by atoms with Gasteiger partial charge in [0.2, 0.25) is 0 Å². The molecule has 0 spiro atoms. The first-order valence-corrected chi connectivity index (χ1v) is 7.44. The molecular formula is C15H31NO. The van der Waals surface area contributed by atoms with Crippen LogP contribution in [-0.4, -0.2) is 26.8 Å². The summed E-state index contributed by atoms with van der Waals surface area (Å²) in [4.78, 5) is 0. The van der Waals surface area contributed by atoms with Gasteiger partial charge in [0.1, 0.15) is 0 Å². The smallest absolute Gasteiger partial charge is 0.0465 e. The van der Waals surface area contributed by atoms with Gasteiger partial charge in [0.25, 0.3) is 0 Å². The third kappa shape index (κ3) is 5.87. The molecule has 0 aromatic carbocycles. The van der Waals surface area contributed by atoms with Gasteiger partial charge in [0.15, 0.2) is 0 Å². The highest BCUT2D eigenvalue weighted by Gasteiger charge is 2.21. The van der Waals surface area contributed by atoms with Crippen molar-refractivity contribution in [3.8, 4) is 0 Å². The Morgan fingerprint density at radius 2 is 1.82 bits per heavy atom. The minimum Gasteiger partial charge on any atom is -0.385 e. The third-order valence-corrected chi connectivity index (χ3v) is 4.40. The molecule has 2 atom stereocenters. The second kappa shape index (κ2) is 8.93. The lowest BCUT2D eigenvalue weighted by Crippen LogP contribution is -2.34. The molecule has 0 radical (unpaired) electrons. The fourth-order valence-corrected chi connectivity index (χ4v) is 3.10. The van der Waals surface area contributed by atoms with Crippen LogP contribution in [0.2, 0.25) is 0 Å². The molecule has 2 nitrogen and oxygen atoms in total. The molecule has 0 saturated heterocycles. The molecule has 1 aliphatic rings. The van der Waals surface area contributed by atoms with Crippen molar-refractivity contribution in [1.29, 1.82) is 0 Å². The van der Waals surface area contributed by atoms with E-state index >= 15 is 0 Å². The van der Waals surface area contributed by atoms with Crippen LogP contribution in [0.1, 0.15) is 58.3 Å². The van der Waals surface area contributed by atoms with E-state index < -0.39 is 0 Å². The lowest BCUT2D eigenvalue weighted by atomic mass is 9.86. The molecule has 0 aromatic rings. The van der Waals surface area contributed by atoms with Crippen molar-refractivity contribution in [3.63, 3.8) is 0 Å². The average molecular weight is 241 g/mol. The number of nitrogens with one attached hydrogen (secondary N) is 1. The standard InChI is InChI=1S/C15H31NO/c1-13(10-11-17-3)15(16-2)12-14-8-6-4-5-7-9-14/h13-16H,4-12H2,1-3H3. The Morgan fingerprint density at radius 3 is 2.35 bits per heavy atom. The largest absolute Gasteiger partial charge is 0.385 e. The fourth-order valence-electron chi connectivity index (χ4n) is 3.10. The van der Waals surface area contributed by atoms with Crippen LogP contribution in [0.15, 0.2) is 0 Å². The van der Waals surface area contributed by atoms with Gasteiger partial charge in [-0.1, -0.05) is 45.4 Å². The topological polar surface area (TPSA) is 21.3 Å². The first-order chi connectivity index (χ1) is 8.27. The summed E-state index contributed by atoms with van der Waals surface area (Å²) in [6, 6.07) is 0.674. The zero-order chi connectivity index (χ0) is 12.5. The Balaban J connectivity index is 2.33. The van der Waals surface area contributed by atoms with Gasteiger partial charge >= 0.3 is 0 Å². The van der Waals surface area contributed by atoms with Gasteiger partial charge in [-0.15, -0.1) is 0 Å². The molecule has 1 rings (SSSR count). The van der Waals surface area contributed by atoms with Crippen LogP contribution in [0.25, 0.3) is 0 Å². The van der Waals surface area contributed by atoms with Gasteiger partial charge in [-0.05, 0) is 31.7 Å². The van der Waals surface area contributed by atoms with Crippen LogP contribution in [0.3, 0.4) is 0 Å². The van der Waals surface area contributed by atoms with E-state index in [1.807, 2.05) is 0 Å². The highest BCUT2D eigenvalue weighted by Crippen LogP contribution is 2.28. The van der Waals surface area contributed by atoms with Crippen LogP contribution < -0.4 is 5.32 Å². The van der Waals surface area contributed by atoms with E-state index in [0.29, 0.717) is 6.04 Å². The van der Waals surface area contributed by atoms with Crippen molar-refractivity contribution in [2.75, 3.05) is 20.8 Å². The van der Waals surface area contributed by atoms with Crippen LogP contribution >= 0.6 is 0 Å². The number of rotatable bonds is 7. The predicted molar refractivity (Wildman–Crippen MR) is 74.3 cm³/mol. The fraction of sp³-hybridized carbons (Fsp3) is 1.00. The van der Waals surface area contributed by atoms with Crippen LogP contribution in [0, 0.1) is 11.8 Å².